The lowest BCUT2D eigenvalue weighted by Crippen LogP contribution is -2.48. The number of hydrogen-bond acceptors (Lipinski definition) is 10. The Labute approximate surface area is 220 Å². The molecule has 4 N–H and O–H groups in total. The van der Waals surface area contributed by atoms with Crippen LogP contribution in [-0.4, -0.2) is 81.3 Å². The minimum Gasteiger partial charge on any atom is -0.481 e. The van der Waals surface area contributed by atoms with Crippen molar-refractivity contribution in [3.8, 4) is 0 Å². The summed E-state index contributed by atoms with van der Waals surface area (Å²) in [6, 6.07) is 0. The predicted octanol–water partition coefficient (Wildman–Crippen LogP) is 1.25. The SMILES string of the molecule is CC(C)(C)COC(=O)NC(CC(=O)O)n1cnc2c(N3CCC(C(=O)NC4=NCCCN4)CC3)ncnc21. The molecule has 0 saturated carbocycles. The maximum atomic E-state index is 12.7. The number of hydrogen-bond donors (Lipinski definition) is 4. The number of carboxylic acid groups (broad SMARTS) is 1. The third kappa shape index (κ3) is 6.86. The lowest BCUT2D eigenvalue weighted by atomic mass is 9.96. The number of aliphatic imine (C=N–C) groups is 1. The molecule has 0 bridgehead atoms. The van der Waals surface area contributed by atoms with E-state index in [-0.39, 0.29) is 23.8 Å². The van der Waals surface area contributed by atoms with E-state index in [1.165, 1.54) is 17.2 Å². The van der Waals surface area contributed by atoms with E-state index in [2.05, 4.69) is 35.9 Å². The van der Waals surface area contributed by atoms with Gasteiger partial charge in [-0.3, -0.25) is 24.5 Å². The van der Waals surface area contributed by atoms with Gasteiger partial charge >= 0.3 is 12.1 Å². The minimum atomic E-state index is -1.10. The molecule has 4 rings (SSSR count). The summed E-state index contributed by atoms with van der Waals surface area (Å²) in [4.78, 5) is 56.2. The summed E-state index contributed by atoms with van der Waals surface area (Å²) >= 11 is 0. The first-order valence-corrected chi connectivity index (χ1v) is 12.8. The first-order chi connectivity index (χ1) is 18.1. The van der Waals surface area contributed by atoms with Gasteiger partial charge in [-0.15, -0.1) is 0 Å². The number of carbonyl (C=O) groups excluding carboxylic acids is 2. The molecule has 1 fully saturated rings. The Morgan fingerprint density at radius 3 is 2.63 bits per heavy atom. The van der Waals surface area contributed by atoms with Crippen LogP contribution < -0.4 is 20.9 Å². The van der Waals surface area contributed by atoms with Crippen molar-refractivity contribution in [2.24, 2.45) is 16.3 Å². The van der Waals surface area contributed by atoms with Crippen LogP contribution in [0.2, 0.25) is 0 Å². The molecule has 0 radical (unpaired) electrons. The van der Waals surface area contributed by atoms with Gasteiger partial charge in [-0.2, -0.15) is 0 Å². The van der Waals surface area contributed by atoms with Gasteiger partial charge in [0.25, 0.3) is 0 Å². The number of nitrogens with zero attached hydrogens (tertiary/aromatic N) is 6. The van der Waals surface area contributed by atoms with Crippen LogP contribution in [0.25, 0.3) is 11.2 Å². The van der Waals surface area contributed by atoms with Crippen LogP contribution in [-0.2, 0) is 14.3 Å². The molecule has 1 unspecified atom stereocenters. The molecule has 1 saturated heterocycles. The molecule has 1 atom stereocenters. The van der Waals surface area contributed by atoms with Crippen molar-refractivity contribution in [2.45, 2.75) is 52.6 Å². The molecule has 0 aromatic carbocycles. The quantitative estimate of drug-likeness (QED) is 0.408. The van der Waals surface area contributed by atoms with E-state index in [0.29, 0.717) is 55.4 Å². The zero-order valence-electron chi connectivity index (χ0n) is 21.9. The predicted molar refractivity (Wildman–Crippen MR) is 139 cm³/mol. The number of piperidine rings is 1. The van der Waals surface area contributed by atoms with Gasteiger partial charge in [-0.1, -0.05) is 20.8 Å². The van der Waals surface area contributed by atoms with Crippen molar-refractivity contribution in [3.63, 3.8) is 0 Å². The number of carboxylic acids is 1. The Bertz CT molecular complexity index is 1200. The van der Waals surface area contributed by atoms with Crippen molar-refractivity contribution in [2.75, 3.05) is 37.7 Å². The highest BCUT2D eigenvalue weighted by Gasteiger charge is 2.29. The average Bonchev–Trinajstić information content (AvgIpc) is 3.31. The smallest absolute Gasteiger partial charge is 0.408 e. The number of rotatable bonds is 7. The molecule has 0 aliphatic carbocycles. The molecule has 4 heterocycles. The van der Waals surface area contributed by atoms with Crippen molar-refractivity contribution in [3.05, 3.63) is 12.7 Å². The number of alkyl carbamates (subject to hydrolysis) is 1. The number of aromatic nitrogens is 4. The van der Waals surface area contributed by atoms with Gasteiger partial charge in [-0.05, 0) is 24.7 Å². The lowest BCUT2D eigenvalue weighted by molar-refractivity contribution is -0.138. The lowest BCUT2D eigenvalue weighted by Gasteiger charge is -2.32. The first-order valence-electron chi connectivity index (χ1n) is 12.8. The van der Waals surface area contributed by atoms with Gasteiger partial charge < -0.3 is 25.4 Å². The fraction of sp³-hybridized carbons (Fsp3) is 0.625. The first kappa shape index (κ1) is 27.1. The summed E-state index contributed by atoms with van der Waals surface area (Å²) in [5.41, 5.74) is 0.633. The number of imidazole rings is 1. The van der Waals surface area contributed by atoms with Crippen LogP contribution in [0.3, 0.4) is 0 Å². The van der Waals surface area contributed by atoms with Gasteiger partial charge in [0.2, 0.25) is 5.91 Å². The number of nitrogens with one attached hydrogen (secondary N) is 3. The number of guanidine groups is 1. The second kappa shape index (κ2) is 11.6. The number of fused-ring (bicyclic) bond motifs is 1. The molecular weight excluding hydrogens is 494 g/mol. The van der Waals surface area contributed by atoms with E-state index in [1.807, 2.05) is 25.7 Å². The molecule has 14 heteroatoms. The third-order valence-electron chi connectivity index (χ3n) is 6.27. The minimum absolute atomic E-state index is 0.0455. The van der Waals surface area contributed by atoms with Crippen LogP contribution in [0, 0.1) is 11.3 Å². The molecule has 2 amide bonds. The highest BCUT2D eigenvalue weighted by Crippen LogP contribution is 2.28. The standard InChI is InChI=1S/C24H35N9O5/c1-24(2,3)12-38-23(37)30-16(11-17(34)35)33-14-29-18-19(27-13-28-20(18)33)32-9-5-15(6-10-32)21(36)31-22-25-7-4-8-26-22/h13-16H,4-12H2,1-3H3,(H,30,37)(H,34,35)(H2,25,26,31,36). The molecule has 0 spiro atoms. The Morgan fingerprint density at radius 2 is 1.97 bits per heavy atom. The molecule has 2 aromatic heterocycles. The number of carbonyl (C=O) groups is 3. The number of ether oxygens (including phenoxy) is 1. The van der Waals surface area contributed by atoms with Crippen molar-refractivity contribution >= 4 is 40.9 Å². The molecule has 206 valence electrons. The van der Waals surface area contributed by atoms with E-state index in [0.717, 1.165) is 13.0 Å². The van der Waals surface area contributed by atoms with Gasteiger partial charge in [0, 0.05) is 32.1 Å². The number of amides is 2. The zero-order valence-corrected chi connectivity index (χ0v) is 21.9. The molecule has 14 nitrogen and oxygen atoms in total. The Hall–Kier alpha value is -3.97. The normalized spacial score (nSPS) is 17.3. The molecule has 2 aliphatic heterocycles. The van der Waals surface area contributed by atoms with E-state index < -0.39 is 24.6 Å². The van der Waals surface area contributed by atoms with Gasteiger partial charge in [0.1, 0.15) is 12.5 Å². The summed E-state index contributed by atoms with van der Waals surface area (Å²) in [6.07, 6.45) is 2.97. The van der Waals surface area contributed by atoms with Crippen LogP contribution >= 0.6 is 0 Å². The van der Waals surface area contributed by atoms with E-state index in [1.54, 1.807) is 0 Å². The molecule has 38 heavy (non-hydrogen) atoms. The summed E-state index contributed by atoms with van der Waals surface area (Å²) in [5, 5.41) is 18.0. The Morgan fingerprint density at radius 1 is 1.21 bits per heavy atom. The van der Waals surface area contributed by atoms with Gasteiger partial charge in [0.05, 0.1) is 19.4 Å². The summed E-state index contributed by atoms with van der Waals surface area (Å²) in [5.74, 6) is -0.155. The van der Waals surface area contributed by atoms with E-state index in [4.69, 9.17) is 4.74 Å². The van der Waals surface area contributed by atoms with E-state index >= 15 is 0 Å². The number of aliphatic carboxylic acids is 1. The average molecular weight is 530 g/mol. The molecular formula is C24H35N9O5. The highest BCUT2D eigenvalue weighted by molar-refractivity contribution is 5.98. The van der Waals surface area contributed by atoms with Crippen LogP contribution in [0.1, 0.15) is 52.6 Å². The van der Waals surface area contributed by atoms with Gasteiger partial charge in [0.15, 0.2) is 22.9 Å². The zero-order chi connectivity index (χ0) is 27.3. The Balaban J connectivity index is 1.45. The summed E-state index contributed by atoms with van der Waals surface area (Å²) < 4.78 is 6.77. The van der Waals surface area contributed by atoms with Crippen molar-refractivity contribution in [1.29, 1.82) is 0 Å². The number of anilines is 1. The fourth-order valence-electron chi connectivity index (χ4n) is 4.33. The van der Waals surface area contributed by atoms with Crippen LogP contribution in [0.15, 0.2) is 17.6 Å². The summed E-state index contributed by atoms with van der Waals surface area (Å²) in [7, 11) is 0. The van der Waals surface area contributed by atoms with Gasteiger partial charge in [-0.25, -0.2) is 19.7 Å². The highest BCUT2D eigenvalue weighted by atomic mass is 16.5. The maximum Gasteiger partial charge on any atom is 0.408 e. The third-order valence-corrected chi connectivity index (χ3v) is 6.27. The largest absolute Gasteiger partial charge is 0.481 e. The van der Waals surface area contributed by atoms with Crippen LogP contribution in [0.4, 0.5) is 10.6 Å². The second-order valence-corrected chi connectivity index (χ2v) is 10.7. The molecule has 2 aliphatic rings. The van der Waals surface area contributed by atoms with Crippen molar-refractivity contribution in [1.82, 2.24) is 35.5 Å². The monoisotopic (exact) mass is 529 g/mol. The maximum absolute atomic E-state index is 12.7. The van der Waals surface area contributed by atoms with Crippen molar-refractivity contribution < 1.29 is 24.2 Å². The Kier molecular flexibility index (Phi) is 8.27. The second-order valence-electron chi connectivity index (χ2n) is 10.7. The fourth-order valence-corrected chi connectivity index (χ4v) is 4.33. The topological polar surface area (TPSA) is 176 Å². The summed E-state index contributed by atoms with van der Waals surface area (Å²) in [6.45, 7) is 8.64. The van der Waals surface area contributed by atoms with Crippen LogP contribution in [0.5, 0.6) is 0 Å². The molecule has 2 aromatic rings. The van der Waals surface area contributed by atoms with E-state index in [9.17, 15) is 19.5 Å².